The number of aryl methyl sites for hydroxylation is 1. The van der Waals surface area contributed by atoms with Crippen molar-refractivity contribution >= 4 is 31.0 Å². The molecule has 0 spiro atoms. The Hall–Kier alpha value is -1.16. The van der Waals surface area contributed by atoms with Crippen molar-refractivity contribution in [3.8, 4) is 0 Å². The number of rotatable bonds is 2. The lowest BCUT2D eigenvalue weighted by atomic mass is 10.2. The van der Waals surface area contributed by atoms with Crippen molar-refractivity contribution in [2.24, 2.45) is 0 Å². The Morgan fingerprint density at radius 1 is 1.29 bits per heavy atom. The number of alkyl halides is 3. The minimum Gasteiger partial charge on any atom is -0.726 e. The first kappa shape index (κ1) is 17.9. The number of hydrogen-bond donors (Lipinski definition) is 1. The molecular formula is C12H13F3O4S2. The van der Waals surface area contributed by atoms with Crippen molar-refractivity contribution in [1.82, 2.24) is 0 Å². The topological polar surface area (TPSA) is 77.4 Å². The number of thiophene rings is 1. The second-order valence-corrected chi connectivity index (χ2v) is 6.97. The van der Waals surface area contributed by atoms with E-state index in [4.69, 9.17) is 17.5 Å². The van der Waals surface area contributed by atoms with E-state index in [1.54, 1.807) is 30.3 Å². The van der Waals surface area contributed by atoms with E-state index in [1.807, 2.05) is 6.92 Å². The second kappa shape index (κ2) is 6.73. The molecule has 0 fully saturated rings. The van der Waals surface area contributed by atoms with Gasteiger partial charge in [-0.25, -0.2) is 8.42 Å². The molecule has 0 radical (unpaired) electrons. The van der Waals surface area contributed by atoms with Gasteiger partial charge in [-0.15, -0.1) is 13.2 Å². The minimum atomic E-state index is -4.92. The summed E-state index contributed by atoms with van der Waals surface area (Å²) in [6, 6.07) is 8.50. The number of fused-ring (bicyclic) bond motifs is 1. The first-order valence-electron chi connectivity index (χ1n) is 5.83. The Bertz CT molecular complexity index is 697. The van der Waals surface area contributed by atoms with Gasteiger partial charge in [-0.05, 0) is 18.6 Å². The van der Waals surface area contributed by atoms with Crippen LogP contribution < -0.4 is 0 Å². The highest BCUT2D eigenvalue weighted by molar-refractivity contribution is 7.79. The molecule has 0 aliphatic rings. The number of benzene rings is 1. The van der Waals surface area contributed by atoms with Crippen LogP contribution in [0.25, 0.3) is 10.1 Å². The third-order valence-electron chi connectivity index (χ3n) is 2.45. The van der Waals surface area contributed by atoms with E-state index in [-0.39, 0.29) is 0 Å². The SMILES string of the molecule is CCCc1cc2ccccc2[s+]1C(F)(F)F.O=S(=O)([O-])O. The van der Waals surface area contributed by atoms with Crippen molar-refractivity contribution in [3.63, 3.8) is 0 Å². The molecule has 0 aliphatic heterocycles. The van der Waals surface area contributed by atoms with E-state index >= 15 is 0 Å². The fourth-order valence-corrected chi connectivity index (χ4v) is 3.91. The normalized spacial score (nSPS) is 13.0. The molecule has 1 N–H and O–H groups in total. The van der Waals surface area contributed by atoms with Gasteiger partial charge < -0.3 is 4.55 Å². The van der Waals surface area contributed by atoms with E-state index in [1.165, 1.54) is 0 Å². The van der Waals surface area contributed by atoms with Crippen LogP contribution in [0.2, 0.25) is 0 Å². The largest absolute Gasteiger partial charge is 0.726 e. The summed E-state index contributed by atoms with van der Waals surface area (Å²) in [4.78, 5) is 0.524. The van der Waals surface area contributed by atoms with Crippen LogP contribution in [0.15, 0.2) is 30.3 Å². The first-order chi connectivity index (χ1) is 9.54. The van der Waals surface area contributed by atoms with Crippen molar-refractivity contribution in [3.05, 3.63) is 35.2 Å². The maximum absolute atomic E-state index is 13.0. The van der Waals surface area contributed by atoms with Gasteiger partial charge in [0.25, 0.3) is 0 Å². The lowest BCUT2D eigenvalue weighted by molar-refractivity contribution is -0.0867. The lowest BCUT2D eigenvalue weighted by Gasteiger charge is -1.98. The molecule has 4 nitrogen and oxygen atoms in total. The predicted molar refractivity (Wildman–Crippen MR) is 74.0 cm³/mol. The summed E-state index contributed by atoms with van der Waals surface area (Å²) in [6.07, 6.45) is 1.27. The average Bonchev–Trinajstić information content (AvgIpc) is 2.64. The van der Waals surface area contributed by atoms with E-state index in [9.17, 15) is 13.2 Å². The van der Waals surface area contributed by atoms with Crippen LogP contribution in [0.1, 0.15) is 18.2 Å². The van der Waals surface area contributed by atoms with Crippen LogP contribution in [-0.2, 0) is 22.3 Å². The fourth-order valence-electron chi connectivity index (χ4n) is 1.85. The molecule has 0 saturated heterocycles. The van der Waals surface area contributed by atoms with Crippen LogP contribution in [0, 0.1) is 0 Å². The first-order valence-corrected chi connectivity index (χ1v) is 8.42. The summed E-state index contributed by atoms with van der Waals surface area (Å²) in [5.74, 6) is 0. The molecular weight excluding hydrogens is 329 g/mol. The highest BCUT2D eigenvalue weighted by Gasteiger charge is 2.47. The van der Waals surface area contributed by atoms with E-state index in [0.29, 0.717) is 16.0 Å². The van der Waals surface area contributed by atoms with Gasteiger partial charge in [0.2, 0.25) is 10.4 Å². The number of halogens is 3. The van der Waals surface area contributed by atoms with E-state index in [2.05, 4.69) is 0 Å². The molecule has 1 unspecified atom stereocenters. The van der Waals surface area contributed by atoms with Gasteiger partial charge in [-0.1, -0.05) is 19.1 Å². The van der Waals surface area contributed by atoms with Crippen LogP contribution >= 0.6 is 10.5 Å². The molecule has 2 rings (SSSR count). The zero-order valence-electron chi connectivity index (χ0n) is 10.9. The van der Waals surface area contributed by atoms with Gasteiger partial charge >= 0.3 is 5.51 Å². The van der Waals surface area contributed by atoms with Crippen molar-refractivity contribution in [2.75, 3.05) is 0 Å². The summed E-state index contributed by atoms with van der Waals surface area (Å²) < 4.78 is 72.2. The van der Waals surface area contributed by atoms with Gasteiger partial charge in [-0.3, -0.25) is 4.55 Å². The van der Waals surface area contributed by atoms with Crippen LogP contribution in [0.5, 0.6) is 0 Å². The minimum absolute atomic E-state index is 0.429. The second-order valence-electron chi connectivity index (χ2n) is 4.08. The Morgan fingerprint density at radius 3 is 2.29 bits per heavy atom. The summed E-state index contributed by atoms with van der Waals surface area (Å²) in [6.45, 7) is 1.90. The maximum atomic E-state index is 13.0. The third-order valence-corrected chi connectivity index (χ3v) is 4.57. The maximum Gasteiger partial charge on any atom is 0.600 e. The highest BCUT2D eigenvalue weighted by atomic mass is 32.3. The zero-order valence-corrected chi connectivity index (χ0v) is 12.6. The summed E-state index contributed by atoms with van der Waals surface area (Å²) in [5.41, 5.74) is -4.15. The van der Waals surface area contributed by atoms with Crippen molar-refractivity contribution in [2.45, 2.75) is 25.3 Å². The molecule has 1 aromatic heterocycles. The van der Waals surface area contributed by atoms with E-state index < -0.39 is 26.4 Å². The molecule has 1 atom stereocenters. The molecule has 0 aliphatic carbocycles. The van der Waals surface area contributed by atoms with Crippen LogP contribution in [0.3, 0.4) is 0 Å². The Balaban J connectivity index is 0.000000383. The molecule has 0 bridgehead atoms. The van der Waals surface area contributed by atoms with Crippen molar-refractivity contribution in [1.29, 1.82) is 0 Å². The molecule has 2 aromatic rings. The van der Waals surface area contributed by atoms with Gasteiger partial charge in [0.15, 0.2) is 9.58 Å². The third kappa shape index (κ3) is 5.62. The predicted octanol–water partition coefficient (Wildman–Crippen LogP) is 4.02. The summed E-state index contributed by atoms with van der Waals surface area (Å²) in [5, 5.41) is 0.728. The van der Waals surface area contributed by atoms with E-state index in [0.717, 1.165) is 11.8 Å². The summed E-state index contributed by atoms with van der Waals surface area (Å²) >= 11 is 0. The van der Waals surface area contributed by atoms with Crippen LogP contribution in [0.4, 0.5) is 13.2 Å². The van der Waals surface area contributed by atoms with Crippen molar-refractivity contribution < 1.29 is 30.7 Å². The fraction of sp³-hybridized carbons (Fsp3) is 0.333. The molecule has 1 aromatic carbocycles. The monoisotopic (exact) mass is 342 g/mol. The standard InChI is InChI=1S/C12H12F3S.H2O4S/c1-2-5-10-8-9-6-3-4-7-11(9)16(10)12(13,14)15;1-5(2,3)4/h3-4,6-8H,2,5H2,1H3;(H2,1,2,3,4)/q+1;/p-1. The molecule has 118 valence electrons. The quantitative estimate of drug-likeness (QED) is 0.508. The molecule has 9 heteroatoms. The smallest absolute Gasteiger partial charge is 0.600 e. The highest BCUT2D eigenvalue weighted by Crippen LogP contribution is 2.50. The van der Waals surface area contributed by atoms with Gasteiger partial charge in [0, 0.05) is 17.9 Å². The van der Waals surface area contributed by atoms with Gasteiger partial charge in [0.05, 0.1) is 10.5 Å². The zero-order chi connectivity index (χ0) is 16.3. The van der Waals surface area contributed by atoms with Crippen LogP contribution in [-0.4, -0.2) is 17.5 Å². The average molecular weight is 342 g/mol. The molecule has 0 saturated carbocycles. The molecule has 1 heterocycles. The molecule has 0 amide bonds. The lowest BCUT2D eigenvalue weighted by Crippen LogP contribution is -1.97. The number of hydrogen-bond acceptors (Lipinski definition) is 3. The Labute approximate surface area is 122 Å². The summed E-state index contributed by atoms with van der Waals surface area (Å²) in [7, 11) is -6.61. The Morgan fingerprint density at radius 2 is 1.81 bits per heavy atom. The van der Waals surface area contributed by atoms with Gasteiger partial charge in [0.1, 0.15) is 0 Å². The van der Waals surface area contributed by atoms with Gasteiger partial charge in [-0.2, -0.15) is 0 Å². The molecule has 21 heavy (non-hydrogen) atoms. The Kier molecular flexibility index (Phi) is 5.74.